The molecule has 0 unspecified atom stereocenters. The molecule has 2 amide bonds. The van der Waals surface area contributed by atoms with Crippen LogP contribution in [-0.2, 0) is 16.6 Å². The van der Waals surface area contributed by atoms with Gasteiger partial charge in [0.1, 0.15) is 0 Å². The topological polar surface area (TPSA) is 67.2 Å². The first-order chi connectivity index (χ1) is 10.1. The summed E-state index contributed by atoms with van der Waals surface area (Å²) in [6.07, 6.45) is 6.23. The Morgan fingerprint density at radius 3 is 3.00 bits per heavy atom. The van der Waals surface area contributed by atoms with Crippen LogP contribution in [0, 0.1) is 5.92 Å². The summed E-state index contributed by atoms with van der Waals surface area (Å²) in [7, 11) is 1.95. The van der Waals surface area contributed by atoms with E-state index in [2.05, 4.69) is 10.3 Å². The van der Waals surface area contributed by atoms with Crippen LogP contribution in [0.2, 0.25) is 0 Å². The summed E-state index contributed by atoms with van der Waals surface area (Å²) in [5, 5.41) is 3.88. The molecule has 0 aromatic carbocycles. The predicted octanol–water partition coefficient (Wildman–Crippen LogP) is 0.639. The molecule has 1 aromatic rings. The first-order valence-electron chi connectivity index (χ1n) is 7.32. The first kappa shape index (κ1) is 14.4. The number of likely N-dealkylation sites (tertiary alicyclic amines) is 1. The maximum atomic E-state index is 12.1. The second kappa shape index (κ2) is 6.09. The van der Waals surface area contributed by atoms with Crippen LogP contribution in [0.4, 0.5) is 0 Å². The number of imidazole rings is 1. The van der Waals surface area contributed by atoms with Crippen molar-refractivity contribution in [3.8, 4) is 0 Å². The van der Waals surface area contributed by atoms with E-state index in [0.717, 1.165) is 23.8 Å². The molecule has 1 saturated carbocycles. The fourth-order valence-electron chi connectivity index (χ4n) is 2.60. The average Bonchev–Trinajstić information content (AvgIpc) is 3.11. The van der Waals surface area contributed by atoms with E-state index in [4.69, 9.17) is 0 Å². The number of hydrogen-bond acceptors (Lipinski definition) is 4. The van der Waals surface area contributed by atoms with Crippen LogP contribution < -0.4 is 5.32 Å². The molecule has 1 atom stereocenters. The number of hydrogen-bond donors (Lipinski definition) is 1. The second-order valence-corrected chi connectivity index (χ2v) is 6.70. The Labute approximate surface area is 128 Å². The molecule has 1 N–H and O–H groups in total. The molecule has 6 nitrogen and oxygen atoms in total. The third-order valence-electron chi connectivity index (χ3n) is 3.93. The minimum atomic E-state index is -0.170. The highest BCUT2D eigenvalue weighted by atomic mass is 32.2. The molecule has 2 aliphatic rings. The maximum absolute atomic E-state index is 12.1. The molecule has 7 heteroatoms. The number of rotatable bonds is 6. The van der Waals surface area contributed by atoms with Gasteiger partial charge in [-0.25, -0.2) is 4.98 Å². The second-order valence-electron chi connectivity index (χ2n) is 5.64. The lowest BCUT2D eigenvalue weighted by atomic mass is 10.1. The van der Waals surface area contributed by atoms with Crippen molar-refractivity contribution in [2.45, 2.75) is 30.5 Å². The molecule has 3 rings (SSSR count). The van der Waals surface area contributed by atoms with Gasteiger partial charge < -0.3 is 14.8 Å². The summed E-state index contributed by atoms with van der Waals surface area (Å²) in [4.78, 5) is 30.0. The van der Waals surface area contributed by atoms with Crippen molar-refractivity contribution in [3.05, 3.63) is 12.4 Å². The molecule has 1 aliphatic carbocycles. The number of carbonyl (C=O) groups is 2. The van der Waals surface area contributed by atoms with Crippen LogP contribution in [-0.4, -0.2) is 51.1 Å². The highest BCUT2D eigenvalue weighted by Crippen LogP contribution is 2.32. The Bertz CT molecular complexity index is 541. The van der Waals surface area contributed by atoms with Crippen LogP contribution in [0.15, 0.2) is 17.6 Å². The van der Waals surface area contributed by atoms with Crippen LogP contribution in [0.5, 0.6) is 0 Å². The summed E-state index contributed by atoms with van der Waals surface area (Å²) in [6.45, 7) is 1.20. The number of amides is 2. The summed E-state index contributed by atoms with van der Waals surface area (Å²) >= 11 is 1.61. The molecule has 1 aliphatic heterocycles. The Hall–Kier alpha value is -1.50. The van der Waals surface area contributed by atoms with Crippen molar-refractivity contribution < 1.29 is 9.59 Å². The van der Waals surface area contributed by atoms with Crippen molar-refractivity contribution in [1.82, 2.24) is 19.8 Å². The Balaban J connectivity index is 1.38. The third kappa shape index (κ3) is 3.40. The molecule has 2 heterocycles. The molecule has 114 valence electrons. The van der Waals surface area contributed by atoms with Gasteiger partial charge in [-0.05, 0) is 12.8 Å². The lowest BCUT2D eigenvalue weighted by Crippen LogP contribution is -2.34. The lowest BCUT2D eigenvalue weighted by Gasteiger charge is -2.15. The minimum Gasteiger partial charge on any atom is -0.355 e. The number of nitrogens with one attached hydrogen (secondary N) is 1. The molecule has 1 aromatic heterocycles. The fourth-order valence-corrected chi connectivity index (χ4v) is 3.38. The van der Waals surface area contributed by atoms with Crippen molar-refractivity contribution in [2.24, 2.45) is 13.0 Å². The summed E-state index contributed by atoms with van der Waals surface area (Å²) in [5.74, 6) is 0.757. The highest BCUT2D eigenvalue weighted by molar-refractivity contribution is 7.99. The lowest BCUT2D eigenvalue weighted by molar-refractivity contribution is -0.129. The SMILES string of the molecule is Cn1ccnc1SCCNC(=O)[C@H]1CC(=O)N(C2CC2)C1. The smallest absolute Gasteiger partial charge is 0.225 e. The quantitative estimate of drug-likeness (QED) is 0.618. The van der Waals surface area contributed by atoms with Gasteiger partial charge in [0.15, 0.2) is 5.16 Å². The van der Waals surface area contributed by atoms with Gasteiger partial charge in [-0.1, -0.05) is 11.8 Å². The zero-order valence-electron chi connectivity index (χ0n) is 12.1. The van der Waals surface area contributed by atoms with Crippen LogP contribution in [0.3, 0.4) is 0 Å². The van der Waals surface area contributed by atoms with E-state index in [-0.39, 0.29) is 17.7 Å². The van der Waals surface area contributed by atoms with Gasteiger partial charge >= 0.3 is 0 Å². The largest absolute Gasteiger partial charge is 0.355 e. The van der Waals surface area contributed by atoms with E-state index >= 15 is 0 Å². The molecular formula is C14H20N4O2S. The Morgan fingerprint density at radius 1 is 1.52 bits per heavy atom. The van der Waals surface area contributed by atoms with Gasteiger partial charge in [-0.2, -0.15) is 0 Å². The van der Waals surface area contributed by atoms with E-state index < -0.39 is 0 Å². The fraction of sp³-hybridized carbons (Fsp3) is 0.643. The molecule has 0 radical (unpaired) electrons. The van der Waals surface area contributed by atoms with Gasteiger partial charge in [-0.3, -0.25) is 9.59 Å². The monoisotopic (exact) mass is 308 g/mol. The van der Waals surface area contributed by atoms with E-state index in [1.165, 1.54) is 0 Å². The van der Waals surface area contributed by atoms with Gasteiger partial charge in [0, 0.05) is 50.7 Å². The first-order valence-corrected chi connectivity index (χ1v) is 8.31. The molecule has 0 spiro atoms. The predicted molar refractivity (Wildman–Crippen MR) is 79.8 cm³/mol. The molecule has 1 saturated heterocycles. The van der Waals surface area contributed by atoms with Gasteiger partial charge in [0.2, 0.25) is 11.8 Å². The Morgan fingerprint density at radius 2 is 2.33 bits per heavy atom. The summed E-state index contributed by atoms with van der Waals surface area (Å²) in [6, 6.07) is 0.411. The number of aromatic nitrogens is 2. The number of thioether (sulfide) groups is 1. The molecule has 0 bridgehead atoms. The zero-order chi connectivity index (χ0) is 14.8. The number of nitrogens with zero attached hydrogens (tertiary/aromatic N) is 3. The van der Waals surface area contributed by atoms with Crippen molar-refractivity contribution in [3.63, 3.8) is 0 Å². The van der Waals surface area contributed by atoms with E-state index in [1.54, 1.807) is 18.0 Å². The van der Waals surface area contributed by atoms with Crippen molar-refractivity contribution in [2.75, 3.05) is 18.8 Å². The molecule has 2 fully saturated rings. The Kier molecular flexibility index (Phi) is 4.19. The minimum absolute atomic E-state index is 0.00643. The van der Waals surface area contributed by atoms with Gasteiger partial charge in [0.25, 0.3) is 0 Å². The van der Waals surface area contributed by atoms with E-state index in [1.807, 2.05) is 22.7 Å². The molecular weight excluding hydrogens is 288 g/mol. The normalized spacial score (nSPS) is 21.9. The average molecular weight is 308 g/mol. The molecule has 21 heavy (non-hydrogen) atoms. The van der Waals surface area contributed by atoms with Gasteiger partial charge in [0.05, 0.1) is 5.92 Å². The maximum Gasteiger partial charge on any atom is 0.225 e. The van der Waals surface area contributed by atoms with Crippen molar-refractivity contribution in [1.29, 1.82) is 0 Å². The number of carbonyl (C=O) groups excluding carboxylic acids is 2. The summed E-state index contributed by atoms with van der Waals surface area (Å²) in [5.41, 5.74) is 0. The zero-order valence-corrected chi connectivity index (χ0v) is 12.9. The highest BCUT2D eigenvalue weighted by Gasteiger charge is 2.41. The van der Waals surface area contributed by atoms with Crippen LogP contribution in [0.1, 0.15) is 19.3 Å². The van der Waals surface area contributed by atoms with E-state index in [0.29, 0.717) is 25.6 Å². The van der Waals surface area contributed by atoms with Crippen LogP contribution in [0.25, 0.3) is 0 Å². The number of aryl methyl sites for hydroxylation is 1. The van der Waals surface area contributed by atoms with Crippen LogP contribution >= 0.6 is 11.8 Å². The summed E-state index contributed by atoms with van der Waals surface area (Å²) < 4.78 is 1.95. The van der Waals surface area contributed by atoms with E-state index in [9.17, 15) is 9.59 Å². The third-order valence-corrected chi connectivity index (χ3v) is 4.99. The van der Waals surface area contributed by atoms with Gasteiger partial charge in [-0.15, -0.1) is 0 Å². The van der Waals surface area contributed by atoms with Crippen molar-refractivity contribution >= 4 is 23.6 Å². The standard InChI is InChI=1S/C14H20N4O2S/c1-17-6-4-16-14(17)21-7-5-15-13(20)10-8-12(19)18(9-10)11-2-3-11/h4,6,10-11H,2-3,5,7-9H2,1H3,(H,15,20)/t10-/m0/s1.